The summed E-state index contributed by atoms with van der Waals surface area (Å²) < 4.78 is 10.6. The molecule has 1 N–H and O–H groups in total. The Kier molecular flexibility index (Phi) is 4.77. The molecule has 0 spiro atoms. The molecule has 1 aromatic carbocycles. The lowest BCUT2D eigenvalue weighted by molar-refractivity contribution is 0.0601. The Bertz CT molecular complexity index is 1160. The maximum atomic E-state index is 12.8. The predicted molar refractivity (Wildman–Crippen MR) is 107 cm³/mol. The summed E-state index contributed by atoms with van der Waals surface area (Å²) in [4.78, 5) is 38.5. The van der Waals surface area contributed by atoms with Crippen LogP contribution in [0, 0.1) is 6.92 Å². The van der Waals surface area contributed by atoms with Crippen LogP contribution in [0.1, 0.15) is 49.8 Å². The van der Waals surface area contributed by atoms with Gasteiger partial charge in [-0.2, -0.15) is 0 Å². The first-order valence-corrected chi connectivity index (χ1v) is 9.88. The number of rotatable bonds is 3. The molecule has 2 heterocycles. The number of nitrogens with one attached hydrogen (secondary N) is 1. The molecule has 4 rings (SSSR count). The maximum Gasteiger partial charge on any atom is 0.341 e. The Morgan fingerprint density at radius 3 is 2.75 bits per heavy atom. The van der Waals surface area contributed by atoms with Crippen molar-refractivity contribution < 1.29 is 18.7 Å². The lowest BCUT2D eigenvalue weighted by Crippen LogP contribution is -2.17. The van der Waals surface area contributed by atoms with Crippen LogP contribution in [-0.2, 0) is 17.6 Å². The normalized spacial score (nSPS) is 13.2. The summed E-state index contributed by atoms with van der Waals surface area (Å²) >= 11 is 1.39. The second kappa shape index (κ2) is 7.24. The first-order chi connectivity index (χ1) is 13.5. The summed E-state index contributed by atoms with van der Waals surface area (Å²) in [6.07, 6.45) is 3.72. The molecule has 0 atom stereocenters. The van der Waals surface area contributed by atoms with Gasteiger partial charge in [-0.1, -0.05) is 11.6 Å². The van der Waals surface area contributed by atoms with Crippen molar-refractivity contribution in [2.24, 2.45) is 0 Å². The van der Waals surface area contributed by atoms with E-state index in [-0.39, 0.29) is 11.2 Å². The van der Waals surface area contributed by atoms with E-state index in [0.29, 0.717) is 21.5 Å². The molecular weight excluding hydrogens is 378 g/mol. The Hall–Kier alpha value is -2.93. The van der Waals surface area contributed by atoms with Crippen LogP contribution in [0.15, 0.2) is 33.5 Å². The number of amides is 1. The van der Waals surface area contributed by atoms with Gasteiger partial charge in [0.05, 0.1) is 18.1 Å². The minimum Gasteiger partial charge on any atom is -0.465 e. The second-order valence-corrected chi connectivity index (χ2v) is 7.94. The lowest BCUT2D eigenvalue weighted by Gasteiger charge is -2.11. The van der Waals surface area contributed by atoms with E-state index in [9.17, 15) is 14.4 Å². The molecular formula is C21H19NO5S. The summed E-state index contributed by atoms with van der Waals surface area (Å²) in [5, 5.41) is 3.62. The molecule has 2 aromatic heterocycles. The van der Waals surface area contributed by atoms with Crippen LogP contribution >= 0.6 is 11.3 Å². The molecule has 0 saturated carbocycles. The van der Waals surface area contributed by atoms with Gasteiger partial charge in [0.25, 0.3) is 5.91 Å². The number of methoxy groups -OCH3 is 1. The van der Waals surface area contributed by atoms with Gasteiger partial charge in [-0.15, -0.1) is 11.3 Å². The number of anilines is 1. The van der Waals surface area contributed by atoms with Crippen molar-refractivity contribution in [3.63, 3.8) is 0 Å². The highest BCUT2D eigenvalue weighted by molar-refractivity contribution is 7.17. The molecule has 7 heteroatoms. The van der Waals surface area contributed by atoms with Crippen molar-refractivity contribution in [2.45, 2.75) is 32.6 Å². The summed E-state index contributed by atoms with van der Waals surface area (Å²) in [6.45, 7) is 1.88. The van der Waals surface area contributed by atoms with Gasteiger partial charge in [0.1, 0.15) is 10.6 Å². The Balaban J connectivity index is 1.72. The maximum absolute atomic E-state index is 12.8. The molecule has 0 saturated heterocycles. The second-order valence-electron chi connectivity index (χ2n) is 6.84. The monoisotopic (exact) mass is 397 g/mol. The molecule has 3 aromatic rings. The van der Waals surface area contributed by atoms with Gasteiger partial charge in [-0.3, -0.25) is 9.59 Å². The van der Waals surface area contributed by atoms with E-state index in [2.05, 4.69) is 5.32 Å². The Morgan fingerprint density at radius 2 is 1.96 bits per heavy atom. The third-order valence-electron chi connectivity index (χ3n) is 4.89. The third-order valence-corrected chi connectivity index (χ3v) is 6.10. The van der Waals surface area contributed by atoms with Gasteiger partial charge >= 0.3 is 5.97 Å². The molecule has 6 nitrogen and oxygen atoms in total. The van der Waals surface area contributed by atoms with Crippen LogP contribution < -0.4 is 10.7 Å². The molecule has 1 aliphatic carbocycles. The molecule has 0 unspecified atom stereocenters. The standard InChI is InChI=1S/C21H19NO5S/c1-11-7-8-15-13(9-11)14(23)10-16(27-15)19(24)22-20-18(21(25)26-2)12-5-3-4-6-17(12)28-20/h7-10H,3-6H2,1-2H3,(H,22,24). The van der Waals surface area contributed by atoms with Crippen LogP contribution in [0.2, 0.25) is 0 Å². The van der Waals surface area contributed by atoms with Gasteiger partial charge in [0.15, 0.2) is 11.2 Å². The molecule has 0 aliphatic heterocycles. The zero-order valence-electron chi connectivity index (χ0n) is 15.6. The quantitative estimate of drug-likeness (QED) is 0.673. The third kappa shape index (κ3) is 3.22. The smallest absolute Gasteiger partial charge is 0.341 e. The number of esters is 1. The molecule has 0 fully saturated rings. The topological polar surface area (TPSA) is 85.6 Å². The minimum atomic E-state index is -0.566. The zero-order chi connectivity index (χ0) is 19.8. The van der Waals surface area contributed by atoms with Crippen molar-refractivity contribution in [3.05, 3.63) is 61.8 Å². The average Bonchev–Trinajstić information content (AvgIpc) is 3.05. The van der Waals surface area contributed by atoms with E-state index in [0.717, 1.165) is 41.7 Å². The van der Waals surface area contributed by atoms with Crippen molar-refractivity contribution in [2.75, 3.05) is 12.4 Å². The number of ether oxygens (including phenoxy) is 1. The van der Waals surface area contributed by atoms with Crippen LogP contribution in [0.4, 0.5) is 5.00 Å². The Morgan fingerprint density at radius 1 is 1.18 bits per heavy atom. The summed E-state index contributed by atoms with van der Waals surface area (Å²) in [7, 11) is 1.32. The van der Waals surface area contributed by atoms with Crippen molar-refractivity contribution in [1.29, 1.82) is 0 Å². The minimum absolute atomic E-state index is 0.0939. The average molecular weight is 397 g/mol. The first kappa shape index (κ1) is 18.4. The molecule has 0 radical (unpaired) electrons. The van der Waals surface area contributed by atoms with Gasteiger partial charge in [0.2, 0.25) is 0 Å². The van der Waals surface area contributed by atoms with Gasteiger partial charge in [0, 0.05) is 10.9 Å². The summed E-state index contributed by atoms with van der Waals surface area (Å²) in [6, 6.07) is 6.40. The number of carbonyl (C=O) groups excluding carboxylic acids is 2. The number of fused-ring (bicyclic) bond motifs is 2. The fraction of sp³-hybridized carbons (Fsp3) is 0.286. The molecule has 144 valence electrons. The van der Waals surface area contributed by atoms with E-state index < -0.39 is 11.9 Å². The summed E-state index contributed by atoms with van der Waals surface area (Å²) in [5.74, 6) is -1.13. The summed E-state index contributed by atoms with van der Waals surface area (Å²) in [5.41, 5.74) is 2.36. The van der Waals surface area contributed by atoms with Crippen molar-refractivity contribution in [3.8, 4) is 0 Å². The van der Waals surface area contributed by atoms with E-state index >= 15 is 0 Å². The van der Waals surface area contributed by atoms with E-state index in [1.54, 1.807) is 12.1 Å². The van der Waals surface area contributed by atoms with Crippen LogP contribution in [0.3, 0.4) is 0 Å². The number of aryl methyl sites for hydroxylation is 2. The van der Waals surface area contributed by atoms with E-state index in [4.69, 9.17) is 9.15 Å². The van der Waals surface area contributed by atoms with Crippen molar-refractivity contribution in [1.82, 2.24) is 0 Å². The molecule has 28 heavy (non-hydrogen) atoms. The van der Waals surface area contributed by atoms with Crippen LogP contribution in [0.5, 0.6) is 0 Å². The van der Waals surface area contributed by atoms with Crippen LogP contribution in [0.25, 0.3) is 11.0 Å². The largest absolute Gasteiger partial charge is 0.465 e. The SMILES string of the molecule is COC(=O)c1c(NC(=O)c2cc(=O)c3cc(C)ccc3o2)sc2c1CCCC2. The molecule has 1 aliphatic rings. The highest BCUT2D eigenvalue weighted by Crippen LogP contribution is 2.38. The number of hydrogen-bond acceptors (Lipinski definition) is 6. The van der Waals surface area contributed by atoms with Gasteiger partial charge in [-0.05, 0) is 50.3 Å². The molecule has 0 bridgehead atoms. The van der Waals surface area contributed by atoms with Gasteiger partial charge in [-0.25, -0.2) is 4.79 Å². The highest BCUT2D eigenvalue weighted by Gasteiger charge is 2.27. The Labute approximate surface area is 165 Å². The first-order valence-electron chi connectivity index (χ1n) is 9.06. The molecule has 1 amide bonds. The number of carbonyl (C=O) groups is 2. The highest BCUT2D eigenvalue weighted by atomic mass is 32.1. The van der Waals surface area contributed by atoms with Crippen molar-refractivity contribution >= 4 is 39.2 Å². The lowest BCUT2D eigenvalue weighted by atomic mass is 9.95. The number of thiophene rings is 1. The van der Waals surface area contributed by atoms with E-state index in [1.165, 1.54) is 24.5 Å². The van der Waals surface area contributed by atoms with Gasteiger partial charge < -0.3 is 14.5 Å². The van der Waals surface area contributed by atoms with Crippen LogP contribution in [-0.4, -0.2) is 19.0 Å². The fourth-order valence-corrected chi connectivity index (χ4v) is 4.79. The predicted octanol–water partition coefficient (Wildman–Crippen LogP) is 4.08. The zero-order valence-corrected chi connectivity index (χ0v) is 16.4. The number of benzene rings is 1. The van der Waals surface area contributed by atoms with E-state index in [1.807, 2.05) is 13.0 Å². The fourth-order valence-electron chi connectivity index (χ4n) is 3.52. The number of hydrogen-bond donors (Lipinski definition) is 1.